The Morgan fingerprint density at radius 3 is 2.32 bits per heavy atom. The zero-order valence-corrected chi connectivity index (χ0v) is 32.8. The maximum Gasteiger partial charge on any atom is 0.235 e. The number of allylic oxidation sites excluding steroid dienone is 1. The highest BCUT2D eigenvalue weighted by molar-refractivity contribution is 7.26. The van der Waals surface area contributed by atoms with Crippen LogP contribution in [0, 0.1) is 0 Å². The highest BCUT2D eigenvalue weighted by Crippen LogP contribution is 2.54. The van der Waals surface area contributed by atoms with E-state index in [1.807, 2.05) is 11.3 Å². The fourth-order valence-corrected chi connectivity index (χ4v) is 11.4. The second kappa shape index (κ2) is 12.3. The fourth-order valence-electron chi connectivity index (χ4n) is 10.2. The van der Waals surface area contributed by atoms with Gasteiger partial charge in [-0.3, -0.25) is 4.57 Å². The van der Waals surface area contributed by atoms with Crippen LogP contribution in [0.5, 0.6) is 0 Å². The summed E-state index contributed by atoms with van der Waals surface area (Å²) in [5, 5.41) is 6.18. The van der Waals surface area contributed by atoms with Crippen LogP contribution in [-0.4, -0.2) is 14.5 Å². The molecule has 0 amide bonds. The van der Waals surface area contributed by atoms with Crippen molar-refractivity contribution in [2.45, 2.75) is 44.9 Å². The molecule has 0 unspecified atom stereocenters. The third-order valence-electron chi connectivity index (χ3n) is 12.7. The molecule has 0 radical (unpaired) electrons. The predicted molar refractivity (Wildman–Crippen MR) is 240 cm³/mol. The Balaban J connectivity index is 1.14. The summed E-state index contributed by atoms with van der Waals surface area (Å²) in [5.41, 5.74) is 16.3. The molecule has 0 fully saturated rings. The molecule has 3 aliphatic rings. The summed E-state index contributed by atoms with van der Waals surface area (Å²) in [6.07, 6.45) is 11.0. The lowest BCUT2D eigenvalue weighted by molar-refractivity contribution is 0.666. The van der Waals surface area contributed by atoms with Crippen molar-refractivity contribution in [3.8, 4) is 39.5 Å². The van der Waals surface area contributed by atoms with Gasteiger partial charge in [0, 0.05) is 53.0 Å². The first kappa shape index (κ1) is 32.8. The maximum atomic E-state index is 5.59. The summed E-state index contributed by atoms with van der Waals surface area (Å²) in [6, 6.07) is 48.9. The van der Waals surface area contributed by atoms with Crippen LogP contribution in [0.1, 0.15) is 61.1 Å². The SMILES string of the molecule is CC1(C)c2ccccc2-c2ccc3c(c4c(n3-c3nc(-c5cccc(-c6ccccc6)c5)c5c(n3)=CCCC=5)CCC(c3cccc5c3sc3ccccc35)=C4)c21. The van der Waals surface area contributed by atoms with E-state index in [1.54, 1.807) is 0 Å². The van der Waals surface area contributed by atoms with Crippen LogP contribution in [0.3, 0.4) is 0 Å². The molecule has 3 nitrogen and oxygen atoms in total. The fraction of sp³-hybridized carbons (Fsp3) is 0.132. The van der Waals surface area contributed by atoms with E-state index in [1.165, 1.54) is 86.8 Å². The van der Waals surface area contributed by atoms with E-state index in [4.69, 9.17) is 9.97 Å². The van der Waals surface area contributed by atoms with Crippen LogP contribution in [0.2, 0.25) is 0 Å². The van der Waals surface area contributed by atoms with Gasteiger partial charge in [0.05, 0.1) is 16.6 Å². The Bertz CT molecular complexity index is 3320. The molecule has 57 heavy (non-hydrogen) atoms. The van der Waals surface area contributed by atoms with Gasteiger partial charge in [-0.1, -0.05) is 141 Å². The number of fused-ring (bicyclic) bond motifs is 11. The Labute approximate surface area is 335 Å². The Morgan fingerprint density at radius 2 is 1.39 bits per heavy atom. The van der Waals surface area contributed by atoms with Gasteiger partial charge >= 0.3 is 0 Å². The molecule has 0 bridgehead atoms. The lowest BCUT2D eigenvalue weighted by Gasteiger charge is -2.23. The molecule has 0 aliphatic heterocycles. The smallest absolute Gasteiger partial charge is 0.235 e. The monoisotopic (exact) mass is 749 g/mol. The first-order valence-corrected chi connectivity index (χ1v) is 21.0. The summed E-state index contributed by atoms with van der Waals surface area (Å²) in [7, 11) is 0. The number of thiophene rings is 1. The largest absolute Gasteiger partial charge is 0.282 e. The lowest BCUT2D eigenvalue weighted by Crippen LogP contribution is -2.35. The van der Waals surface area contributed by atoms with Crippen molar-refractivity contribution in [2.75, 3.05) is 0 Å². The zero-order chi connectivity index (χ0) is 37.8. The van der Waals surface area contributed by atoms with E-state index < -0.39 is 0 Å². The average molecular weight is 750 g/mol. The van der Waals surface area contributed by atoms with Crippen LogP contribution in [-0.2, 0) is 11.8 Å². The Kier molecular flexibility index (Phi) is 7.10. The molecule has 0 spiro atoms. The molecule has 12 rings (SSSR count). The molecule has 6 aromatic carbocycles. The summed E-state index contributed by atoms with van der Waals surface area (Å²) < 4.78 is 5.14. The van der Waals surface area contributed by atoms with E-state index in [0.29, 0.717) is 0 Å². The lowest BCUT2D eigenvalue weighted by atomic mass is 9.79. The number of aromatic nitrogens is 3. The number of rotatable bonds is 4. The van der Waals surface area contributed by atoms with Crippen LogP contribution >= 0.6 is 11.3 Å². The van der Waals surface area contributed by atoms with Crippen molar-refractivity contribution < 1.29 is 0 Å². The molecule has 272 valence electrons. The molecule has 4 heteroatoms. The van der Waals surface area contributed by atoms with E-state index in [9.17, 15) is 0 Å². The minimum atomic E-state index is -0.176. The average Bonchev–Trinajstić information content (AvgIpc) is 3.89. The van der Waals surface area contributed by atoms with E-state index >= 15 is 0 Å². The molecule has 0 saturated heterocycles. The molecular formula is C53H39N3S. The van der Waals surface area contributed by atoms with Crippen molar-refractivity contribution in [1.82, 2.24) is 14.5 Å². The predicted octanol–water partition coefficient (Wildman–Crippen LogP) is 12.3. The van der Waals surface area contributed by atoms with Crippen LogP contribution in [0.25, 0.3) is 94.3 Å². The molecule has 3 heterocycles. The van der Waals surface area contributed by atoms with Crippen molar-refractivity contribution >= 4 is 66.2 Å². The van der Waals surface area contributed by atoms with Gasteiger partial charge in [0.1, 0.15) is 0 Å². The molecule has 3 aliphatic carbocycles. The molecule has 0 saturated carbocycles. The third-order valence-corrected chi connectivity index (χ3v) is 14.0. The Morgan fingerprint density at radius 1 is 0.632 bits per heavy atom. The second-order valence-corrected chi connectivity index (χ2v) is 17.4. The van der Waals surface area contributed by atoms with Crippen molar-refractivity contribution in [2.24, 2.45) is 0 Å². The summed E-state index contributed by atoms with van der Waals surface area (Å²) in [6.45, 7) is 4.81. The maximum absolute atomic E-state index is 5.59. The minimum absolute atomic E-state index is 0.176. The number of hydrogen-bond acceptors (Lipinski definition) is 3. The van der Waals surface area contributed by atoms with Gasteiger partial charge in [0.2, 0.25) is 5.95 Å². The van der Waals surface area contributed by atoms with E-state index in [0.717, 1.165) is 53.5 Å². The van der Waals surface area contributed by atoms with Gasteiger partial charge in [-0.05, 0) is 94.5 Å². The molecule has 0 N–H and O–H groups in total. The van der Waals surface area contributed by atoms with E-state index in [-0.39, 0.29) is 5.41 Å². The minimum Gasteiger partial charge on any atom is -0.282 e. The molecule has 9 aromatic rings. The van der Waals surface area contributed by atoms with Crippen molar-refractivity contribution in [3.05, 3.63) is 172 Å². The van der Waals surface area contributed by atoms with Gasteiger partial charge in [-0.2, -0.15) is 0 Å². The highest BCUT2D eigenvalue weighted by atomic mass is 32.1. The van der Waals surface area contributed by atoms with Gasteiger partial charge in [0.25, 0.3) is 0 Å². The van der Waals surface area contributed by atoms with Crippen LogP contribution in [0.15, 0.2) is 133 Å². The topological polar surface area (TPSA) is 30.7 Å². The van der Waals surface area contributed by atoms with Gasteiger partial charge in [-0.25, -0.2) is 9.97 Å². The van der Waals surface area contributed by atoms with Gasteiger partial charge < -0.3 is 0 Å². The summed E-state index contributed by atoms with van der Waals surface area (Å²) in [4.78, 5) is 11.0. The first-order chi connectivity index (χ1) is 28.0. The summed E-state index contributed by atoms with van der Waals surface area (Å²) in [5.74, 6) is 0.753. The Hall–Kier alpha value is -6.36. The number of nitrogens with zero attached hydrogens (tertiary/aromatic N) is 3. The van der Waals surface area contributed by atoms with Gasteiger partial charge in [-0.15, -0.1) is 11.3 Å². The highest BCUT2D eigenvalue weighted by Gasteiger charge is 2.39. The zero-order valence-electron chi connectivity index (χ0n) is 32.0. The quantitative estimate of drug-likeness (QED) is 0.179. The van der Waals surface area contributed by atoms with Crippen LogP contribution < -0.4 is 10.6 Å². The van der Waals surface area contributed by atoms with Gasteiger partial charge in [0.15, 0.2) is 0 Å². The molecule has 3 aromatic heterocycles. The third kappa shape index (κ3) is 4.84. The van der Waals surface area contributed by atoms with Crippen LogP contribution in [0.4, 0.5) is 0 Å². The number of benzene rings is 6. The normalized spacial score (nSPS) is 15.1. The first-order valence-electron chi connectivity index (χ1n) is 20.2. The van der Waals surface area contributed by atoms with Crippen molar-refractivity contribution in [1.29, 1.82) is 0 Å². The molecule has 0 atom stereocenters. The molecular weight excluding hydrogens is 711 g/mol. The summed E-state index contributed by atoms with van der Waals surface area (Å²) >= 11 is 1.92. The van der Waals surface area contributed by atoms with Crippen molar-refractivity contribution in [3.63, 3.8) is 0 Å². The number of hydrogen-bond donors (Lipinski definition) is 0. The van der Waals surface area contributed by atoms with E-state index in [2.05, 4.69) is 170 Å². The second-order valence-electron chi connectivity index (χ2n) is 16.3. The standard InChI is InChI=1S/C53H39N3S/c1-53(2)43-23-9-6-18-37(43)39-27-29-46-48(49(39)53)42-31-34(36-21-13-22-40-38-19-8-11-25-47(38)57-51(36)40)26-28-45(42)56(46)52-54-44-24-10-7-20-41(44)50(55-52)35-17-12-16-33(30-35)32-14-4-3-5-15-32/h3-6,8-9,11-25,27,29-31H,7,10,26,28H2,1-2H3.